The number of rotatable bonds is 2. The molecule has 1 fully saturated rings. The van der Waals surface area contributed by atoms with Crippen LogP contribution in [0.4, 0.5) is 0 Å². The van der Waals surface area contributed by atoms with Crippen LogP contribution in [0.25, 0.3) is 0 Å². The zero-order valence-electron chi connectivity index (χ0n) is 9.70. The van der Waals surface area contributed by atoms with E-state index in [-0.39, 0.29) is 5.91 Å². The highest BCUT2D eigenvalue weighted by atomic mass is 16.2. The molecule has 0 spiro atoms. The van der Waals surface area contributed by atoms with Crippen molar-refractivity contribution in [3.8, 4) is 0 Å². The van der Waals surface area contributed by atoms with Crippen LogP contribution >= 0.6 is 0 Å². The van der Waals surface area contributed by atoms with Gasteiger partial charge in [0.1, 0.15) is 5.82 Å². The number of amides is 1. The van der Waals surface area contributed by atoms with Gasteiger partial charge in [-0.3, -0.25) is 9.89 Å². The summed E-state index contributed by atoms with van der Waals surface area (Å²) in [4.78, 5) is 18.1. The molecule has 1 amide bonds. The number of aromatic amines is 1. The van der Waals surface area contributed by atoms with Gasteiger partial charge >= 0.3 is 0 Å². The van der Waals surface area contributed by atoms with Crippen LogP contribution in [0.15, 0.2) is 0 Å². The monoisotopic (exact) mass is 222 g/mol. The quantitative estimate of drug-likeness (QED) is 0.822. The summed E-state index contributed by atoms with van der Waals surface area (Å²) < 4.78 is 0. The Morgan fingerprint density at radius 3 is 2.56 bits per heavy atom. The molecule has 0 radical (unpaired) electrons. The normalized spacial score (nSPS) is 17.2. The molecule has 1 aromatic rings. The predicted octanol–water partition coefficient (Wildman–Crippen LogP) is 1.38. The van der Waals surface area contributed by atoms with Crippen LogP contribution in [0.1, 0.15) is 49.1 Å². The maximum atomic E-state index is 12.1. The van der Waals surface area contributed by atoms with E-state index < -0.39 is 0 Å². The third kappa shape index (κ3) is 2.40. The molecule has 2 heterocycles. The SMILES string of the molecule is CCc1nc(C(=O)N2CCCCCC2)n[nH]1. The van der Waals surface area contributed by atoms with Gasteiger partial charge in [-0.25, -0.2) is 4.98 Å². The fourth-order valence-corrected chi connectivity index (χ4v) is 1.96. The summed E-state index contributed by atoms with van der Waals surface area (Å²) in [6.45, 7) is 3.67. The molecule has 1 aliphatic heterocycles. The van der Waals surface area contributed by atoms with Crippen LogP contribution in [0.2, 0.25) is 0 Å². The number of nitrogens with zero attached hydrogens (tertiary/aromatic N) is 3. The van der Waals surface area contributed by atoms with Crippen molar-refractivity contribution in [3.63, 3.8) is 0 Å². The number of aromatic nitrogens is 3. The molecule has 0 aromatic carbocycles. The molecule has 1 saturated heterocycles. The molecular formula is C11H18N4O. The molecule has 5 nitrogen and oxygen atoms in total. The summed E-state index contributed by atoms with van der Waals surface area (Å²) in [5.41, 5.74) is 0. The van der Waals surface area contributed by atoms with Crippen molar-refractivity contribution in [2.45, 2.75) is 39.0 Å². The van der Waals surface area contributed by atoms with Gasteiger partial charge in [-0.1, -0.05) is 19.8 Å². The number of aryl methyl sites for hydroxylation is 1. The molecule has 5 heteroatoms. The van der Waals surface area contributed by atoms with Crippen LogP contribution in [0.3, 0.4) is 0 Å². The number of hydrogen-bond acceptors (Lipinski definition) is 3. The maximum absolute atomic E-state index is 12.1. The molecule has 16 heavy (non-hydrogen) atoms. The zero-order chi connectivity index (χ0) is 11.4. The van der Waals surface area contributed by atoms with E-state index in [9.17, 15) is 4.79 Å². The van der Waals surface area contributed by atoms with Crippen LogP contribution in [0, 0.1) is 0 Å². The average Bonchev–Trinajstić information content (AvgIpc) is 2.62. The summed E-state index contributed by atoms with van der Waals surface area (Å²) >= 11 is 0. The Morgan fingerprint density at radius 2 is 2.00 bits per heavy atom. The molecule has 1 aromatic heterocycles. The Labute approximate surface area is 95.2 Å². The van der Waals surface area contributed by atoms with Gasteiger partial charge < -0.3 is 4.90 Å². The van der Waals surface area contributed by atoms with Crippen molar-refractivity contribution >= 4 is 5.91 Å². The largest absolute Gasteiger partial charge is 0.336 e. The second kappa shape index (κ2) is 5.09. The average molecular weight is 222 g/mol. The molecule has 1 N–H and O–H groups in total. The van der Waals surface area contributed by atoms with E-state index in [1.807, 2.05) is 11.8 Å². The zero-order valence-corrected chi connectivity index (χ0v) is 9.70. The van der Waals surface area contributed by atoms with Crippen LogP contribution in [-0.4, -0.2) is 39.1 Å². The standard InChI is InChI=1S/C11H18N4O/c1-2-9-12-10(14-13-9)11(16)15-7-5-3-4-6-8-15/h2-8H2,1H3,(H,12,13,14). The van der Waals surface area contributed by atoms with Crippen molar-refractivity contribution in [3.05, 3.63) is 11.6 Å². The van der Waals surface area contributed by atoms with Crippen molar-refractivity contribution in [1.29, 1.82) is 0 Å². The van der Waals surface area contributed by atoms with Crippen molar-refractivity contribution in [1.82, 2.24) is 20.1 Å². The smallest absolute Gasteiger partial charge is 0.293 e. The first kappa shape index (κ1) is 11.1. The highest BCUT2D eigenvalue weighted by Crippen LogP contribution is 2.11. The summed E-state index contributed by atoms with van der Waals surface area (Å²) in [5, 5.41) is 6.75. The molecule has 2 rings (SSSR count). The van der Waals surface area contributed by atoms with Gasteiger partial charge in [-0.15, -0.1) is 5.10 Å². The van der Waals surface area contributed by atoms with Crippen LogP contribution in [0.5, 0.6) is 0 Å². The molecule has 0 saturated carbocycles. The molecule has 0 bridgehead atoms. The fraction of sp³-hybridized carbons (Fsp3) is 0.727. The number of hydrogen-bond donors (Lipinski definition) is 1. The molecule has 1 aliphatic rings. The number of carbonyl (C=O) groups is 1. The summed E-state index contributed by atoms with van der Waals surface area (Å²) in [6, 6.07) is 0. The highest BCUT2D eigenvalue weighted by Gasteiger charge is 2.20. The summed E-state index contributed by atoms with van der Waals surface area (Å²) in [7, 11) is 0. The fourth-order valence-electron chi connectivity index (χ4n) is 1.96. The lowest BCUT2D eigenvalue weighted by atomic mass is 10.2. The Morgan fingerprint density at radius 1 is 1.31 bits per heavy atom. The van der Waals surface area contributed by atoms with Crippen LogP contribution in [-0.2, 0) is 6.42 Å². The van der Waals surface area contributed by atoms with E-state index in [1.54, 1.807) is 0 Å². The van der Waals surface area contributed by atoms with Crippen molar-refractivity contribution < 1.29 is 4.79 Å². The predicted molar refractivity (Wildman–Crippen MR) is 60.1 cm³/mol. The maximum Gasteiger partial charge on any atom is 0.293 e. The second-order valence-corrected chi connectivity index (χ2v) is 4.17. The van der Waals surface area contributed by atoms with E-state index in [4.69, 9.17) is 0 Å². The van der Waals surface area contributed by atoms with Gasteiger partial charge in [0.25, 0.3) is 5.91 Å². The van der Waals surface area contributed by atoms with E-state index in [0.717, 1.165) is 38.2 Å². The first-order valence-corrected chi connectivity index (χ1v) is 6.02. The second-order valence-electron chi connectivity index (χ2n) is 4.17. The minimum Gasteiger partial charge on any atom is -0.336 e. The van der Waals surface area contributed by atoms with E-state index in [1.165, 1.54) is 12.8 Å². The Hall–Kier alpha value is -1.39. The van der Waals surface area contributed by atoms with Gasteiger partial charge in [0.05, 0.1) is 0 Å². The van der Waals surface area contributed by atoms with E-state index in [2.05, 4.69) is 15.2 Å². The molecular weight excluding hydrogens is 204 g/mol. The van der Waals surface area contributed by atoms with Gasteiger partial charge in [0.15, 0.2) is 0 Å². The lowest BCUT2D eigenvalue weighted by Gasteiger charge is -2.17. The van der Waals surface area contributed by atoms with Gasteiger partial charge in [-0.2, -0.15) is 0 Å². The summed E-state index contributed by atoms with van der Waals surface area (Å²) in [5.74, 6) is 1.06. The van der Waals surface area contributed by atoms with Gasteiger partial charge in [0.2, 0.25) is 5.82 Å². The Kier molecular flexibility index (Phi) is 3.54. The first-order chi connectivity index (χ1) is 7.81. The van der Waals surface area contributed by atoms with E-state index >= 15 is 0 Å². The van der Waals surface area contributed by atoms with Gasteiger partial charge in [0, 0.05) is 19.5 Å². The number of carbonyl (C=O) groups excluding carboxylic acids is 1. The topological polar surface area (TPSA) is 61.9 Å². The van der Waals surface area contributed by atoms with Crippen LogP contribution < -0.4 is 0 Å². The summed E-state index contributed by atoms with van der Waals surface area (Å²) in [6.07, 6.45) is 5.41. The number of nitrogens with one attached hydrogen (secondary N) is 1. The van der Waals surface area contributed by atoms with E-state index in [0.29, 0.717) is 5.82 Å². The Bertz CT molecular complexity index is 353. The first-order valence-electron chi connectivity index (χ1n) is 6.02. The third-order valence-corrected chi connectivity index (χ3v) is 2.95. The number of likely N-dealkylation sites (tertiary alicyclic amines) is 1. The molecule has 88 valence electrons. The molecule has 0 aliphatic carbocycles. The third-order valence-electron chi connectivity index (χ3n) is 2.95. The lowest BCUT2D eigenvalue weighted by Crippen LogP contribution is -2.32. The van der Waals surface area contributed by atoms with Gasteiger partial charge in [-0.05, 0) is 12.8 Å². The Balaban J connectivity index is 2.05. The minimum atomic E-state index is -0.0298. The van der Waals surface area contributed by atoms with Crippen molar-refractivity contribution in [2.75, 3.05) is 13.1 Å². The minimum absolute atomic E-state index is 0.0298. The lowest BCUT2D eigenvalue weighted by molar-refractivity contribution is 0.0750. The molecule has 0 unspecified atom stereocenters. The molecule has 0 atom stereocenters. The van der Waals surface area contributed by atoms with Crippen molar-refractivity contribution in [2.24, 2.45) is 0 Å². The number of H-pyrrole nitrogens is 1. The highest BCUT2D eigenvalue weighted by molar-refractivity contribution is 5.90.